The number of nitrogens with one attached hydrogen (secondary N) is 1. The van der Waals surface area contributed by atoms with Crippen molar-refractivity contribution < 1.29 is 18.7 Å². The summed E-state index contributed by atoms with van der Waals surface area (Å²) < 4.78 is 10.8. The molecule has 0 radical (unpaired) electrons. The predicted octanol–water partition coefficient (Wildman–Crippen LogP) is 2.70. The molecule has 1 atom stereocenters. The van der Waals surface area contributed by atoms with E-state index >= 15 is 0 Å². The van der Waals surface area contributed by atoms with E-state index in [1.165, 1.54) is 17.6 Å². The molecule has 1 amide bonds. The smallest absolute Gasteiger partial charge is 0.236 e. The van der Waals surface area contributed by atoms with Gasteiger partial charge >= 0.3 is 0 Å². The standard InChI is InChI=1S/C16H16N2O4S/c1-10-11(18-16(22-10)14-5-3-7-23-14)8-15(20)17-12(9-19)13-4-2-6-21-13/h2-7,12,19H,8-9H2,1H3,(H,17,20). The Morgan fingerprint density at radius 1 is 1.43 bits per heavy atom. The van der Waals surface area contributed by atoms with Crippen molar-refractivity contribution in [3.8, 4) is 10.8 Å². The Labute approximate surface area is 136 Å². The quantitative estimate of drug-likeness (QED) is 0.724. The molecule has 0 bridgehead atoms. The van der Waals surface area contributed by atoms with Crippen molar-refractivity contribution >= 4 is 17.2 Å². The molecular weight excluding hydrogens is 316 g/mol. The molecule has 3 aromatic rings. The van der Waals surface area contributed by atoms with Crippen LogP contribution in [0.5, 0.6) is 0 Å². The van der Waals surface area contributed by atoms with Gasteiger partial charge in [0.25, 0.3) is 0 Å². The Morgan fingerprint density at radius 3 is 2.96 bits per heavy atom. The molecule has 0 aliphatic heterocycles. The molecule has 0 saturated heterocycles. The fourth-order valence-electron chi connectivity index (χ4n) is 2.19. The molecule has 0 spiro atoms. The van der Waals surface area contributed by atoms with Crippen LogP contribution in [0.15, 0.2) is 44.7 Å². The summed E-state index contributed by atoms with van der Waals surface area (Å²) in [6.07, 6.45) is 1.58. The molecule has 120 valence electrons. The zero-order valence-corrected chi connectivity index (χ0v) is 13.3. The summed E-state index contributed by atoms with van der Waals surface area (Å²) in [6, 6.07) is 6.68. The van der Waals surface area contributed by atoms with Crippen LogP contribution in [0.25, 0.3) is 10.8 Å². The van der Waals surface area contributed by atoms with E-state index in [1.807, 2.05) is 17.5 Å². The summed E-state index contributed by atoms with van der Waals surface area (Å²) in [5, 5.41) is 14.1. The normalized spacial score (nSPS) is 12.3. The molecule has 0 saturated carbocycles. The summed E-state index contributed by atoms with van der Waals surface area (Å²) in [5.74, 6) is 1.39. The summed E-state index contributed by atoms with van der Waals surface area (Å²) in [7, 11) is 0. The lowest BCUT2D eigenvalue weighted by molar-refractivity contribution is -0.121. The molecule has 0 aromatic carbocycles. The largest absolute Gasteiger partial charge is 0.467 e. The fraction of sp³-hybridized carbons (Fsp3) is 0.250. The van der Waals surface area contributed by atoms with Gasteiger partial charge < -0.3 is 19.3 Å². The second-order valence-corrected chi connectivity index (χ2v) is 5.94. The van der Waals surface area contributed by atoms with Crippen LogP contribution in [0, 0.1) is 6.92 Å². The van der Waals surface area contributed by atoms with Crippen LogP contribution in [-0.4, -0.2) is 22.6 Å². The van der Waals surface area contributed by atoms with Crippen molar-refractivity contribution in [3.05, 3.63) is 53.1 Å². The molecule has 23 heavy (non-hydrogen) atoms. The maximum Gasteiger partial charge on any atom is 0.236 e. The highest BCUT2D eigenvalue weighted by molar-refractivity contribution is 7.13. The predicted molar refractivity (Wildman–Crippen MR) is 84.9 cm³/mol. The number of nitrogens with zero attached hydrogens (tertiary/aromatic N) is 1. The van der Waals surface area contributed by atoms with Crippen LogP contribution in [0.2, 0.25) is 0 Å². The highest BCUT2D eigenvalue weighted by atomic mass is 32.1. The molecule has 3 aromatic heterocycles. The average Bonchev–Trinajstić information content (AvgIpc) is 3.27. The van der Waals surface area contributed by atoms with Crippen LogP contribution < -0.4 is 5.32 Å². The zero-order valence-electron chi connectivity index (χ0n) is 12.5. The van der Waals surface area contributed by atoms with Crippen molar-refractivity contribution in [1.82, 2.24) is 10.3 Å². The third kappa shape index (κ3) is 3.52. The Kier molecular flexibility index (Phi) is 4.59. The molecule has 6 nitrogen and oxygen atoms in total. The highest BCUT2D eigenvalue weighted by Gasteiger charge is 2.19. The lowest BCUT2D eigenvalue weighted by Crippen LogP contribution is -2.31. The fourth-order valence-corrected chi connectivity index (χ4v) is 2.84. The number of carbonyl (C=O) groups excluding carboxylic acids is 1. The van der Waals surface area contributed by atoms with E-state index in [2.05, 4.69) is 10.3 Å². The number of aliphatic hydroxyl groups is 1. The first-order valence-corrected chi connectivity index (χ1v) is 7.99. The topological polar surface area (TPSA) is 88.5 Å². The third-order valence-corrected chi connectivity index (χ3v) is 4.21. The molecule has 1 unspecified atom stereocenters. The van der Waals surface area contributed by atoms with E-state index in [9.17, 15) is 9.90 Å². The first kappa shape index (κ1) is 15.5. The summed E-state index contributed by atoms with van der Waals surface area (Å²) in [5.41, 5.74) is 0.585. The number of carbonyl (C=O) groups is 1. The van der Waals surface area contributed by atoms with Crippen LogP contribution in [-0.2, 0) is 11.2 Å². The molecule has 2 N–H and O–H groups in total. The maximum atomic E-state index is 12.2. The van der Waals surface area contributed by atoms with Gasteiger partial charge in [-0.3, -0.25) is 4.79 Å². The molecule has 7 heteroatoms. The molecule has 3 rings (SSSR count). The van der Waals surface area contributed by atoms with Crippen molar-refractivity contribution in [3.63, 3.8) is 0 Å². The number of aromatic nitrogens is 1. The minimum atomic E-state index is -0.568. The van der Waals surface area contributed by atoms with E-state index in [0.29, 0.717) is 23.1 Å². The van der Waals surface area contributed by atoms with E-state index in [0.717, 1.165) is 4.88 Å². The number of thiophene rings is 1. The van der Waals surface area contributed by atoms with E-state index in [1.54, 1.807) is 19.1 Å². The van der Waals surface area contributed by atoms with Crippen LogP contribution in [0.3, 0.4) is 0 Å². The van der Waals surface area contributed by atoms with Crippen LogP contribution >= 0.6 is 11.3 Å². The van der Waals surface area contributed by atoms with E-state index < -0.39 is 6.04 Å². The first-order chi connectivity index (χ1) is 11.2. The number of hydrogen-bond acceptors (Lipinski definition) is 6. The Hall–Kier alpha value is -2.38. The second-order valence-electron chi connectivity index (χ2n) is 4.99. The third-order valence-electron chi connectivity index (χ3n) is 3.36. The van der Waals surface area contributed by atoms with Crippen molar-refractivity contribution in [1.29, 1.82) is 0 Å². The number of furan rings is 1. The van der Waals surface area contributed by atoms with Crippen molar-refractivity contribution in [2.24, 2.45) is 0 Å². The van der Waals surface area contributed by atoms with Gasteiger partial charge in [-0.15, -0.1) is 11.3 Å². The number of amides is 1. The summed E-state index contributed by atoms with van der Waals surface area (Å²) in [4.78, 5) is 17.5. The van der Waals surface area contributed by atoms with Gasteiger partial charge in [0.15, 0.2) is 0 Å². The maximum absolute atomic E-state index is 12.2. The number of oxazole rings is 1. The highest BCUT2D eigenvalue weighted by Crippen LogP contribution is 2.26. The lowest BCUT2D eigenvalue weighted by atomic mass is 10.2. The van der Waals surface area contributed by atoms with Crippen LogP contribution in [0.1, 0.15) is 23.3 Å². The zero-order chi connectivity index (χ0) is 16.2. The molecular formula is C16H16N2O4S. The van der Waals surface area contributed by atoms with Gasteiger partial charge in [0.1, 0.15) is 17.6 Å². The monoisotopic (exact) mass is 332 g/mol. The second kappa shape index (κ2) is 6.80. The van der Waals surface area contributed by atoms with Crippen molar-refractivity contribution in [2.45, 2.75) is 19.4 Å². The van der Waals surface area contributed by atoms with Gasteiger partial charge in [-0.25, -0.2) is 4.98 Å². The number of rotatable bonds is 6. The Bertz CT molecular complexity index is 762. The van der Waals surface area contributed by atoms with Gasteiger partial charge in [-0.2, -0.15) is 0 Å². The Balaban J connectivity index is 1.68. The van der Waals surface area contributed by atoms with Gasteiger partial charge in [0.05, 0.1) is 29.9 Å². The van der Waals surface area contributed by atoms with Gasteiger partial charge in [0.2, 0.25) is 11.8 Å². The lowest BCUT2D eigenvalue weighted by Gasteiger charge is -2.13. The van der Waals surface area contributed by atoms with Gasteiger partial charge in [-0.05, 0) is 30.5 Å². The van der Waals surface area contributed by atoms with E-state index in [4.69, 9.17) is 8.83 Å². The SMILES string of the molecule is Cc1oc(-c2cccs2)nc1CC(=O)NC(CO)c1ccco1. The molecule has 0 aliphatic carbocycles. The average molecular weight is 332 g/mol. The number of hydrogen-bond donors (Lipinski definition) is 2. The molecule has 3 heterocycles. The first-order valence-electron chi connectivity index (χ1n) is 7.11. The van der Waals surface area contributed by atoms with Crippen LogP contribution in [0.4, 0.5) is 0 Å². The summed E-state index contributed by atoms with van der Waals surface area (Å²) >= 11 is 1.53. The van der Waals surface area contributed by atoms with Gasteiger partial charge in [0, 0.05) is 0 Å². The summed E-state index contributed by atoms with van der Waals surface area (Å²) in [6.45, 7) is 1.54. The Morgan fingerprint density at radius 2 is 2.30 bits per heavy atom. The molecule has 0 fully saturated rings. The number of aryl methyl sites for hydroxylation is 1. The molecule has 0 aliphatic rings. The minimum absolute atomic E-state index is 0.0813. The van der Waals surface area contributed by atoms with E-state index in [-0.39, 0.29) is 18.9 Å². The van der Waals surface area contributed by atoms with Crippen molar-refractivity contribution in [2.75, 3.05) is 6.61 Å². The number of aliphatic hydroxyl groups excluding tert-OH is 1. The van der Waals surface area contributed by atoms with Gasteiger partial charge in [-0.1, -0.05) is 6.07 Å². The minimum Gasteiger partial charge on any atom is -0.467 e.